The molecule has 25 heavy (non-hydrogen) atoms. The van der Waals surface area contributed by atoms with Gasteiger partial charge in [-0.1, -0.05) is 23.7 Å². The molecule has 0 spiro atoms. The number of nitrogens with one attached hydrogen (secondary N) is 2. The number of hydrogen-bond donors (Lipinski definition) is 2. The lowest BCUT2D eigenvalue weighted by Gasteiger charge is -2.27. The smallest absolute Gasteiger partial charge is 0.173 e. The zero-order valence-electron chi connectivity index (χ0n) is 15.1. The van der Waals surface area contributed by atoms with E-state index >= 15 is 0 Å². The molecule has 0 atom stereocenters. The number of quaternary nitrogens is 1. The maximum absolute atomic E-state index is 6.23. The van der Waals surface area contributed by atoms with Crippen molar-refractivity contribution in [1.82, 2.24) is 4.90 Å². The van der Waals surface area contributed by atoms with Crippen LogP contribution in [0.5, 0.6) is 0 Å². The van der Waals surface area contributed by atoms with Crippen LogP contribution in [0.15, 0.2) is 35.7 Å². The summed E-state index contributed by atoms with van der Waals surface area (Å²) in [6.45, 7) is 11.6. The molecular weight excluding hydrogens is 370 g/mol. The Balaban J connectivity index is 2.09. The Hall–Kier alpha value is -1.14. The van der Waals surface area contributed by atoms with Gasteiger partial charge in [-0.25, -0.2) is 0 Å². The van der Waals surface area contributed by atoms with Gasteiger partial charge in [0, 0.05) is 15.6 Å². The minimum Gasteiger partial charge on any atom is -0.338 e. The van der Waals surface area contributed by atoms with Crippen molar-refractivity contribution >= 4 is 46.0 Å². The van der Waals surface area contributed by atoms with E-state index in [2.05, 4.69) is 41.6 Å². The Kier molecular flexibility index (Phi) is 8.16. The van der Waals surface area contributed by atoms with Crippen molar-refractivity contribution in [2.75, 3.05) is 31.5 Å². The average molecular weight is 397 g/mol. The summed E-state index contributed by atoms with van der Waals surface area (Å²) in [7, 11) is 0. The molecule has 1 aromatic carbocycles. The van der Waals surface area contributed by atoms with Crippen molar-refractivity contribution in [1.29, 1.82) is 0 Å². The molecule has 2 aromatic rings. The molecule has 0 fully saturated rings. The van der Waals surface area contributed by atoms with Crippen LogP contribution in [0.3, 0.4) is 0 Å². The van der Waals surface area contributed by atoms with E-state index in [1.165, 1.54) is 4.88 Å². The van der Waals surface area contributed by atoms with Crippen molar-refractivity contribution in [3.63, 3.8) is 0 Å². The summed E-state index contributed by atoms with van der Waals surface area (Å²) in [6.07, 6.45) is 0. The maximum Gasteiger partial charge on any atom is 0.173 e. The van der Waals surface area contributed by atoms with Gasteiger partial charge in [0.15, 0.2) is 5.11 Å². The van der Waals surface area contributed by atoms with Gasteiger partial charge in [0.25, 0.3) is 0 Å². The number of thiocarbonyl (C=S) groups is 1. The Bertz CT molecular complexity index is 669. The molecule has 136 valence electrons. The first-order chi connectivity index (χ1) is 12.0. The number of halogens is 1. The maximum atomic E-state index is 6.23. The first kappa shape index (κ1) is 20.2. The third kappa shape index (κ3) is 5.96. The van der Waals surface area contributed by atoms with Gasteiger partial charge in [-0.05, 0) is 62.1 Å². The molecule has 6 heteroatoms. The van der Waals surface area contributed by atoms with E-state index in [0.29, 0.717) is 0 Å². The molecule has 0 unspecified atom stereocenters. The lowest BCUT2D eigenvalue weighted by molar-refractivity contribution is -0.895. The molecule has 3 nitrogen and oxygen atoms in total. The monoisotopic (exact) mass is 396 g/mol. The molecule has 0 radical (unpaired) electrons. The highest BCUT2D eigenvalue weighted by Gasteiger charge is 2.15. The van der Waals surface area contributed by atoms with Crippen molar-refractivity contribution < 1.29 is 4.90 Å². The quantitative estimate of drug-likeness (QED) is 0.661. The van der Waals surface area contributed by atoms with Gasteiger partial charge < -0.3 is 15.1 Å². The first-order valence-corrected chi connectivity index (χ1v) is 10.4. The predicted molar refractivity (Wildman–Crippen MR) is 114 cm³/mol. The number of nitrogens with zero attached hydrogens (tertiary/aromatic N) is 1. The zero-order valence-corrected chi connectivity index (χ0v) is 17.5. The highest BCUT2D eigenvalue weighted by molar-refractivity contribution is 7.80. The van der Waals surface area contributed by atoms with Crippen molar-refractivity contribution in [3.8, 4) is 0 Å². The van der Waals surface area contributed by atoms with E-state index in [1.807, 2.05) is 25.1 Å². The molecule has 2 rings (SSSR count). The van der Waals surface area contributed by atoms with Crippen LogP contribution in [0.2, 0.25) is 5.02 Å². The van der Waals surface area contributed by atoms with E-state index in [9.17, 15) is 0 Å². The number of anilines is 1. The van der Waals surface area contributed by atoms with Gasteiger partial charge in [-0.15, -0.1) is 11.3 Å². The van der Waals surface area contributed by atoms with Gasteiger partial charge >= 0.3 is 0 Å². The zero-order chi connectivity index (χ0) is 18.2. The fourth-order valence-electron chi connectivity index (χ4n) is 2.68. The second-order valence-electron chi connectivity index (χ2n) is 6.05. The molecule has 0 aliphatic carbocycles. The van der Waals surface area contributed by atoms with Crippen LogP contribution >= 0.6 is 35.2 Å². The molecule has 0 saturated heterocycles. The van der Waals surface area contributed by atoms with Crippen LogP contribution in [0, 0.1) is 6.92 Å². The minimum atomic E-state index is 0.755. The summed E-state index contributed by atoms with van der Waals surface area (Å²) in [5.41, 5.74) is 2.00. The van der Waals surface area contributed by atoms with Gasteiger partial charge in [0.2, 0.25) is 0 Å². The Morgan fingerprint density at radius 3 is 2.64 bits per heavy atom. The molecule has 0 aliphatic rings. The van der Waals surface area contributed by atoms with Crippen LogP contribution in [-0.4, -0.2) is 36.2 Å². The van der Waals surface area contributed by atoms with E-state index in [-0.39, 0.29) is 0 Å². The SMILES string of the molecule is CC[NH+](CC)CCN(Cc1cccs1)C(=S)Nc1cccc(Cl)c1C. The van der Waals surface area contributed by atoms with E-state index in [4.69, 9.17) is 23.8 Å². The van der Waals surface area contributed by atoms with Gasteiger partial charge in [-0.2, -0.15) is 0 Å². The number of thiophene rings is 1. The Morgan fingerprint density at radius 1 is 1.24 bits per heavy atom. The van der Waals surface area contributed by atoms with Crippen LogP contribution in [0.1, 0.15) is 24.3 Å². The predicted octanol–water partition coefficient (Wildman–Crippen LogP) is 3.83. The van der Waals surface area contributed by atoms with Crippen LogP contribution in [0.4, 0.5) is 5.69 Å². The van der Waals surface area contributed by atoms with Gasteiger partial charge in [-0.3, -0.25) is 0 Å². The van der Waals surface area contributed by atoms with E-state index < -0.39 is 0 Å². The molecule has 1 aromatic heterocycles. The molecule has 0 amide bonds. The number of likely N-dealkylation sites (N-methyl/N-ethyl adjacent to an activating group) is 1. The topological polar surface area (TPSA) is 19.7 Å². The third-order valence-electron chi connectivity index (χ3n) is 4.46. The Morgan fingerprint density at radius 2 is 2.00 bits per heavy atom. The van der Waals surface area contributed by atoms with Gasteiger partial charge in [0.05, 0.1) is 32.7 Å². The molecule has 0 bridgehead atoms. The summed E-state index contributed by atoms with van der Waals surface area (Å²) < 4.78 is 0. The third-order valence-corrected chi connectivity index (χ3v) is 6.09. The number of hydrogen-bond acceptors (Lipinski definition) is 2. The number of rotatable bonds is 8. The number of benzene rings is 1. The molecule has 1 heterocycles. The van der Waals surface area contributed by atoms with E-state index in [0.717, 1.165) is 54.1 Å². The molecule has 0 aliphatic heterocycles. The summed E-state index contributed by atoms with van der Waals surface area (Å²) in [4.78, 5) is 5.16. The lowest BCUT2D eigenvalue weighted by atomic mass is 10.2. The van der Waals surface area contributed by atoms with Crippen molar-refractivity contribution in [3.05, 3.63) is 51.2 Å². The van der Waals surface area contributed by atoms with Crippen LogP contribution in [-0.2, 0) is 6.54 Å². The highest BCUT2D eigenvalue weighted by Crippen LogP contribution is 2.23. The lowest BCUT2D eigenvalue weighted by Crippen LogP contribution is -3.12. The van der Waals surface area contributed by atoms with Crippen molar-refractivity contribution in [2.45, 2.75) is 27.3 Å². The second-order valence-corrected chi connectivity index (χ2v) is 7.88. The first-order valence-electron chi connectivity index (χ1n) is 8.72. The molecule has 2 N–H and O–H groups in total. The van der Waals surface area contributed by atoms with Crippen molar-refractivity contribution in [2.24, 2.45) is 0 Å². The average Bonchev–Trinajstić information content (AvgIpc) is 3.11. The minimum absolute atomic E-state index is 0.755. The van der Waals surface area contributed by atoms with E-state index in [1.54, 1.807) is 16.2 Å². The fourth-order valence-corrected chi connectivity index (χ4v) is 3.84. The Labute approximate surface area is 165 Å². The summed E-state index contributed by atoms with van der Waals surface area (Å²) in [6, 6.07) is 10.1. The highest BCUT2D eigenvalue weighted by atomic mass is 35.5. The normalized spacial score (nSPS) is 10.9. The molecular formula is C19H27ClN3S2+. The summed E-state index contributed by atoms with van der Waals surface area (Å²) in [5, 5.41) is 7.01. The fraction of sp³-hybridized carbons (Fsp3) is 0.421. The van der Waals surface area contributed by atoms with Crippen LogP contribution < -0.4 is 10.2 Å². The largest absolute Gasteiger partial charge is 0.338 e. The molecule has 0 saturated carbocycles. The van der Waals surface area contributed by atoms with Crippen LogP contribution in [0.25, 0.3) is 0 Å². The standard InChI is InChI=1S/C19H26ClN3S2/c1-4-22(5-2)11-12-23(14-16-8-7-13-25-16)19(24)21-18-10-6-9-17(20)15(18)3/h6-10,13H,4-5,11-12,14H2,1-3H3,(H,21,24)/p+1. The summed E-state index contributed by atoms with van der Waals surface area (Å²) >= 11 is 13.7. The second kappa shape index (κ2) is 10.1. The summed E-state index contributed by atoms with van der Waals surface area (Å²) in [5.74, 6) is 0. The van der Waals surface area contributed by atoms with Gasteiger partial charge in [0.1, 0.15) is 0 Å².